The Morgan fingerprint density at radius 3 is 2.16 bits per heavy atom. The number of likely N-dealkylation sites (N-methyl/N-ethyl adjacent to an activating group) is 1. The summed E-state index contributed by atoms with van der Waals surface area (Å²) in [5.74, 6) is -4.47. The molecule has 15 heteroatoms. The van der Waals surface area contributed by atoms with Crippen molar-refractivity contribution in [2.75, 3.05) is 27.2 Å². The van der Waals surface area contributed by atoms with Gasteiger partial charge >= 0.3 is 6.09 Å². The molecule has 4 N–H and O–H groups in total. The highest BCUT2D eigenvalue weighted by atomic mass is 16.6. The Labute approximate surface area is 330 Å². The second-order valence-electron chi connectivity index (χ2n) is 17.1. The Balaban J connectivity index is 1.54. The Kier molecular flexibility index (Phi) is 15.4. The number of amides is 6. The molecule has 56 heavy (non-hydrogen) atoms. The number of hydrogen-bond acceptors (Lipinski definition) is 9. The molecular formula is C41H62N6O9. The molecule has 6 atom stereocenters. The van der Waals surface area contributed by atoms with Crippen LogP contribution in [-0.2, 0) is 38.2 Å². The van der Waals surface area contributed by atoms with Crippen LogP contribution < -0.4 is 21.3 Å². The highest BCUT2D eigenvalue weighted by Crippen LogP contribution is 2.43. The van der Waals surface area contributed by atoms with Crippen molar-refractivity contribution in [3.63, 3.8) is 0 Å². The second kappa shape index (κ2) is 19.6. The van der Waals surface area contributed by atoms with E-state index in [0.29, 0.717) is 31.2 Å². The molecule has 1 aromatic carbocycles. The monoisotopic (exact) mass is 782 g/mol. The number of rotatable bonds is 8. The minimum atomic E-state index is -1.23. The lowest BCUT2D eigenvalue weighted by molar-refractivity contribution is -0.144. The van der Waals surface area contributed by atoms with E-state index in [0.717, 1.165) is 38.5 Å². The molecule has 3 aliphatic heterocycles. The largest absolute Gasteiger partial charge is 0.444 e. The summed E-state index contributed by atoms with van der Waals surface area (Å²) in [6, 6.07) is 4.45. The molecule has 1 unspecified atom stereocenters. The third-order valence-corrected chi connectivity index (χ3v) is 10.5. The zero-order valence-corrected chi connectivity index (χ0v) is 34.1. The number of alkyl carbamates (subject to hydrolysis) is 1. The minimum absolute atomic E-state index is 0.117. The molecule has 0 bridgehead atoms. The molecule has 6 amide bonds. The van der Waals surface area contributed by atoms with Gasteiger partial charge in [-0.25, -0.2) is 4.79 Å². The van der Waals surface area contributed by atoms with Crippen LogP contribution in [0, 0.1) is 5.92 Å². The van der Waals surface area contributed by atoms with Crippen molar-refractivity contribution >= 4 is 41.4 Å². The maximum atomic E-state index is 14.4. The molecule has 3 fully saturated rings. The smallest absolute Gasteiger partial charge is 0.408 e. The van der Waals surface area contributed by atoms with E-state index < -0.39 is 89.4 Å². The predicted octanol–water partition coefficient (Wildman–Crippen LogP) is 3.30. The van der Waals surface area contributed by atoms with E-state index in [1.54, 1.807) is 65.2 Å². The van der Waals surface area contributed by atoms with Crippen molar-refractivity contribution < 1.29 is 43.0 Å². The molecule has 1 aromatic rings. The maximum Gasteiger partial charge on any atom is 0.408 e. The zero-order chi connectivity index (χ0) is 41.2. The first kappa shape index (κ1) is 44.2. The van der Waals surface area contributed by atoms with Gasteiger partial charge in [-0.15, -0.1) is 0 Å². The molecule has 0 radical (unpaired) electrons. The highest BCUT2D eigenvalue weighted by molar-refractivity contribution is 6.38. The van der Waals surface area contributed by atoms with Crippen molar-refractivity contribution in [1.29, 1.82) is 0 Å². The van der Waals surface area contributed by atoms with Crippen LogP contribution in [0.2, 0.25) is 0 Å². The number of nitrogens with one attached hydrogen (secondary N) is 4. The van der Waals surface area contributed by atoms with E-state index in [-0.39, 0.29) is 18.9 Å². The summed E-state index contributed by atoms with van der Waals surface area (Å²) in [6.45, 7) is 8.59. The summed E-state index contributed by atoms with van der Waals surface area (Å²) >= 11 is 0. The summed E-state index contributed by atoms with van der Waals surface area (Å²) in [7, 11) is 3.13. The van der Waals surface area contributed by atoms with Gasteiger partial charge in [0.15, 0.2) is 0 Å². The molecular weight excluding hydrogens is 720 g/mol. The lowest BCUT2D eigenvalue weighted by Gasteiger charge is -2.33. The number of Topliss-reactive ketones (excluding diaryl/α,β-unsaturated/α-hetero) is 1. The number of benzene rings is 1. The van der Waals surface area contributed by atoms with Crippen LogP contribution in [0.15, 0.2) is 30.3 Å². The average Bonchev–Trinajstić information content (AvgIpc) is 3.62. The van der Waals surface area contributed by atoms with Crippen molar-refractivity contribution in [3.05, 3.63) is 35.9 Å². The molecule has 3 saturated heterocycles. The van der Waals surface area contributed by atoms with Gasteiger partial charge in [-0.2, -0.15) is 0 Å². The third kappa shape index (κ3) is 12.5. The fourth-order valence-corrected chi connectivity index (χ4v) is 7.83. The van der Waals surface area contributed by atoms with E-state index in [4.69, 9.17) is 9.47 Å². The minimum Gasteiger partial charge on any atom is -0.444 e. The first-order valence-corrected chi connectivity index (χ1v) is 20.0. The summed E-state index contributed by atoms with van der Waals surface area (Å²) in [6.07, 6.45) is 6.54. The quantitative estimate of drug-likeness (QED) is 0.287. The second-order valence-corrected chi connectivity index (χ2v) is 17.1. The number of carbonyl (C=O) groups excluding carboxylic acids is 7. The lowest BCUT2D eigenvalue weighted by atomic mass is 9.89. The van der Waals surface area contributed by atoms with Crippen molar-refractivity contribution in [1.82, 2.24) is 31.1 Å². The van der Waals surface area contributed by atoms with Crippen LogP contribution in [-0.4, -0.2) is 114 Å². The summed E-state index contributed by atoms with van der Waals surface area (Å²) in [5, 5.41) is 10.6. The van der Waals surface area contributed by atoms with Crippen LogP contribution in [0.25, 0.3) is 0 Å². The van der Waals surface area contributed by atoms with Crippen LogP contribution >= 0.6 is 0 Å². The zero-order valence-electron chi connectivity index (χ0n) is 34.1. The number of ether oxygens (including phenoxy) is 2. The van der Waals surface area contributed by atoms with Crippen molar-refractivity contribution in [3.8, 4) is 0 Å². The van der Waals surface area contributed by atoms with Crippen molar-refractivity contribution in [2.24, 2.45) is 5.92 Å². The van der Waals surface area contributed by atoms with E-state index in [9.17, 15) is 33.6 Å². The Morgan fingerprint density at radius 1 is 0.946 bits per heavy atom. The van der Waals surface area contributed by atoms with E-state index in [2.05, 4.69) is 21.3 Å². The van der Waals surface area contributed by atoms with Gasteiger partial charge in [0.2, 0.25) is 29.4 Å². The van der Waals surface area contributed by atoms with Crippen LogP contribution in [0.5, 0.6) is 0 Å². The molecule has 4 rings (SSSR count). The Hall–Kier alpha value is -4.53. The molecule has 3 heterocycles. The van der Waals surface area contributed by atoms with Gasteiger partial charge in [0, 0.05) is 26.6 Å². The number of hydrogen-bond donors (Lipinski definition) is 4. The molecule has 3 aliphatic rings. The van der Waals surface area contributed by atoms with E-state index in [1.807, 2.05) is 13.8 Å². The van der Waals surface area contributed by atoms with Gasteiger partial charge in [-0.05, 0) is 59.4 Å². The summed E-state index contributed by atoms with van der Waals surface area (Å²) in [4.78, 5) is 97.5. The molecule has 0 spiro atoms. The number of nitrogens with zero attached hydrogens (tertiary/aromatic N) is 2. The maximum absolute atomic E-state index is 14.4. The number of fused-ring (bicyclic) bond motifs is 3. The summed E-state index contributed by atoms with van der Waals surface area (Å²) in [5.41, 5.74) is -0.793. The first-order chi connectivity index (χ1) is 26.4. The molecule has 0 aromatic heterocycles. The predicted molar refractivity (Wildman–Crippen MR) is 208 cm³/mol. The Morgan fingerprint density at radius 2 is 1.55 bits per heavy atom. The Bertz CT molecular complexity index is 1580. The highest BCUT2D eigenvalue weighted by Gasteiger charge is 2.56. The third-order valence-electron chi connectivity index (χ3n) is 10.5. The van der Waals surface area contributed by atoms with Crippen LogP contribution in [0.4, 0.5) is 4.79 Å². The molecule has 15 nitrogen and oxygen atoms in total. The van der Waals surface area contributed by atoms with Crippen LogP contribution in [0.1, 0.15) is 117 Å². The normalized spacial score (nSPS) is 25.3. The van der Waals surface area contributed by atoms with Gasteiger partial charge in [0.25, 0.3) is 5.91 Å². The fourth-order valence-electron chi connectivity index (χ4n) is 7.83. The molecule has 310 valence electrons. The molecule has 0 saturated carbocycles. The van der Waals surface area contributed by atoms with Gasteiger partial charge in [0.05, 0.1) is 24.3 Å². The van der Waals surface area contributed by atoms with E-state index in [1.165, 1.54) is 9.80 Å². The van der Waals surface area contributed by atoms with Crippen molar-refractivity contribution in [2.45, 2.75) is 147 Å². The molecule has 0 aliphatic carbocycles. The van der Waals surface area contributed by atoms with Gasteiger partial charge in [-0.3, -0.25) is 28.8 Å². The van der Waals surface area contributed by atoms with Gasteiger partial charge in [-0.1, -0.05) is 81.7 Å². The van der Waals surface area contributed by atoms with Crippen LogP contribution in [0.3, 0.4) is 0 Å². The number of ketones is 1. The van der Waals surface area contributed by atoms with Gasteiger partial charge in [0.1, 0.15) is 23.7 Å². The topological polar surface area (TPSA) is 193 Å². The summed E-state index contributed by atoms with van der Waals surface area (Å²) < 4.78 is 11.8. The average molecular weight is 783 g/mol. The lowest BCUT2D eigenvalue weighted by Crippen LogP contribution is -2.58. The van der Waals surface area contributed by atoms with Gasteiger partial charge < -0.3 is 40.5 Å². The standard InChI is InChI=1S/C41H62N6O9/c1-40(2,3)56-39(54)44-29-22-18-13-11-9-8-10-12-17-21-28(43-35(50)33-27-23-41(4,5)55-30(27)25-47(33)37(29)52)34(49)36(51)42-24-31(48)45-32(38(53)46(6)7)26-19-15-14-16-20-26/h14-16,19-20,27-30,32-33H,8-13,17-18,21-25H2,1-7H3,(H,42,51)(H,43,50)(H,44,54)(H,45,48)/t27-,28-,29-,30?,32-,33-/m0/s1. The SMILES string of the molecule is CN(C)C(=O)[C@@H](NC(=O)CNC(=O)C(=O)[C@@H]1CCCCCCCCCC[C@H](NC(=O)OC(C)(C)C)C(=O)N2CC3OC(C)(C)C[C@@H]3[C@H]2C(=O)N1)c1ccccc1. The number of carbonyl (C=O) groups is 7. The van der Waals surface area contributed by atoms with E-state index >= 15 is 0 Å². The first-order valence-electron chi connectivity index (χ1n) is 20.0. The fraction of sp³-hybridized carbons (Fsp3) is 0.683.